The molecular formula is C27H28N6O2. The number of benzene rings is 2. The average molecular weight is 469 g/mol. The minimum absolute atomic E-state index is 0.563. The van der Waals surface area contributed by atoms with Crippen molar-refractivity contribution in [2.75, 3.05) is 0 Å². The molecule has 2 aromatic heterocycles. The molecule has 0 unspecified atom stereocenters. The van der Waals surface area contributed by atoms with Gasteiger partial charge < -0.3 is 9.67 Å². The van der Waals surface area contributed by atoms with E-state index in [9.17, 15) is 9.90 Å². The number of carboxylic acids is 1. The number of aliphatic carboxylic acids is 1. The molecule has 8 nitrogen and oxygen atoms in total. The van der Waals surface area contributed by atoms with Crippen molar-refractivity contribution in [3.8, 4) is 22.5 Å². The molecule has 2 aromatic carbocycles. The predicted molar refractivity (Wildman–Crippen MR) is 134 cm³/mol. The zero-order chi connectivity index (χ0) is 24.2. The van der Waals surface area contributed by atoms with Gasteiger partial charge in [0.25, 0.3) is 0 Å². The number of rotatable bonds is 7. The molecule has 0 fully saturated rings. The van der Waals surface area contributed by atoms with Gasteiger partial charge in [-0.05, 0) is 59.6 Å². The summed E-state index contributed by atoms with van der Waals surface area (Å²) in [6.45, 7) is 2.80. The third-order valence-electron chi connectivity index (χ3n) is 6.42. The monoisotopic (exact) mass is 468 g/mol. The van der Waals surface area contributed by atoms with Crippen LogP contribution in [0.25, 0.3) is 28.1 Å². The summed E-state index contributed by atoms with van der Waals surface area (Å²) in [5.74, 6) is 0.692. The fraction of sp³-hybridized carbons (Fsp3) is 0.296. The van der Waals surface area contributed by atoms with Crippen molar-refractivity contribution in [2.45, 2.75) is 52.0 Å². The number of fused-ring (bicyclic) bond motifs is 1. The summed E-state index contributed by atoms with van der Waals surface area (Å²) in [7, 11) is 0. The highest BCUT2D eigenvalue weighted by Crippen LogP contribution is 2.33. The van der Waals surface area contributed by atoms with Crippen LogP contribution in [0, 0.1) is 0 Å². The lowest BCUT2D eigenvalue weighted by Crippen LogP contribution is -2.09. The van der Waals surface area contributed by atoms with Gasteiger partial charge in [0.05, 0.1) is 11.4 Å². The minimum atomic E-state index is -0.901. The van der Waals surface area contributed by atoms with Gasteiger partial charge in [-0.2, -0.15) is 5.21 Å². The van der Waals surface area contributed by atoms with Crippen molar-refractivity contribution >= 4 is 11.5 Å². The van der Waals surface area contributed by atoms with Crippen molar-refractivity contribution in [3.05, 3.63) is 77.4 Å². The number of hydrogen-bond donors (Lipinski definition) is 2. The second-order valence-corrected chi connectivity index (χ2v) is 8.85. The first kappa shape index (κ1) is 22.7. The molecule has 1 aliphatic rings. The molecule has 0 spiro atoms. The average Bonchev–Trinajstić information content (AvgIpc) is 3.46. The molecule has 0 saturated carbocycles. The molecule has 0 atom stereocenters. The second-order valence-electron chi connectivity index (χ2n) is 8.85. The lowest BCUT2D eigenvalue weighted by molar-refractivity contribution is -0.131. The summed E-state index contributed by atoms with van der Waals surface area (Å²) in [5, 5.41) is 24.0. The Bertz CT molecular complexity index is 1350. The van der Waals surface area contributed by atoms with E-state index in [-0.39, 0.29) is 0 Å². The molecule has 8 heteroatoms. The predicted octanol–water partition coefficient (Wildman–Crippen LogP) is 4.93. The molecule has 0 saturated heterocycles. The van der Waals surface area contributed by atoms with E-state index in [0.29, 0.717) is 12.4 Å². The lowest BCUT2D eigenvalue weighted by atomic mass is 9.98. The van der Waals surface area contributed by atoms with E-state index in [2.05, 4.69) is 62.4 Å². The van der Waals surface area contributed by atoms with E-state index in [4.69, 9.17) is 4.98 Å². The van der Waals surface area contributed by atoms with Crippen molar-refractivity contribution in [1.82, 2.24) is 30.2 Å². The number of aromatic nitrogens is 6. The van der Waals surface area contributed by atoms with Gasteiger partial charge in [0, 0.05) is 24.6 Å². The zero-order valence-corrected chi connectivity index (χ0v) is 19.7. The fourth-order valence-electron chi connectivity index (χ4n) is 4.87. The highest BCUT2D eigenvalue weighted by atomic mass is 16.4. The molecule has 0 amide bonds. The van der Waals surface area contributed by atoms with Crippen molar-refractivity contribution in [2.24, 2.45) is 0 Å². The number of allylic oxidation sites excluding steroid dienone is 1. The van der Waals surface area contributed by atoms with E-state index in [0.717, 1.165) is 83.6 Å². The molecule has 0 radical (unpaired) electrons. The number of aromatic amines is 1. The lowest BCUT2D eigenvalue weighted by Gasteiger charge is -2.15. The van der Waals surface area contributed by atoms with Gasteiger partial charge >= 0.3 is 5.97 Å². The number of nitrogens with zero attached hydrogens (tertiary/aromatic N) is 5. The van der Waals surface area contributed by atoms with Gasteiger partial charge in [0.1, 0.15) is 5.82 Å². The van der Waals surface area contributed by atoms with Crippen LogP contribution in [0.5, 0.6) is 0 Å². The van der Waals surface area contributed by atoms with Gasteiger partial charge in [0.2, 0.25) is 5.82 Å². The van der Waals surface area contributed by atoms with Crippen LogP contribution < -0.4 is 0 Å². The molecule has 5 rings (SSSR count). The molecular weight excluding hydrogens is 440 g/mol. The highest BCUT2D eigenvalue weighted by molar-refractivity contribution is 5.90. The summed E-state index contributed by atoms with van der Waals surface area (Å²) in [4.78, 5) is 16.5. The van der Waals surface area contributed by atoms with Crippen molar-refractivity contribution in [3.63, 3.8) is 0 Å². The molecule has 4 aromatic rings. The van der Waals surface area contributed by atoms with E-state index < -0.39 is 5.97 Å². The normalized spacial score (nSPS) is 14.6. The van der Waals surface area contributed by atoms with Crippen LogP contribution in [-0.4, -0.2) is 41.3 Å². The standard InChI is InChI=1S/C27H28N6O2/c1-2-7-24-28-23-11-6-3-8-20(16-25(34)35)26(23)33(24)17-18-12-14-19(15-13-18)21-9-4-5-10-22(21)27-29-31-32-30-27/h4-5,9-10,12-16H,2-3,6-8,11,17H2,1H3,(H,34,35)(H,29,30,31,32)/b20-16+. The van der Waals surface area contributed by atoms with Crippen LogP contribution in [0.4, 0.5) is 0 Å². The number of tetrazole rings is 1. The Labute approximate surface area is 203 Å². The zero-order valence-electron chi connectivity index (χ0n) is 19.7. The van der Waals surface area contributed by atoms with Gasteiger partial charge in [-0.15, -0.1) is 10.2 Å². The van der Waals surface area contributed by atoms with E-state index in [1.54, 1.807) is 0 Å². The Hall–Kier alpha value is -4.07. The van der Waals surface area contributed by atoms with Crippen LogP contribution >= 0.6 is 0 Å². The minimum Gasteiger partial charge on any atom is -0.478 e. The van der Waals surface area contributed by atoms with Gasteiger partial charge in [-0.1, -0.05) is 55.5 Å². The third-order valence-corrected chi connectivity index (χ3v) is 6.42. The van der Waals surface area contributed by atoms with Gasteiger partial charge in [0.15, 0.2) is 0 Å². The number of carboxylic acid groups (broad SMARTS) is 1. The van der Waals surface area contributed by atoms with Gasteiger partial charge in [-0.3, -0.25) is 0 Å². The molecule has 178 valence electrons. The summed E-state index contributed by atoms with van der Waals surface area (Å²) in [6, 6.07) is 16.5. The Morgan fingerprint density at radius 3 is 2.57 bits per heavy atom. The van der Waals surface area contributed by atoms with Crippen LogP contribution in [0.15, 0.2) is 54.6 Å². The van der Waals surface area contributed by atoms with Crippen molar-refractivity contribution in [1.29, 1.82) is 0 Å². The largest absolute Gasteiger partial charge is 0.478 e. The maximum atomic E-state index is 11.6. The molecule has 2 heterocycles. The Morgan fingerprint density at radius 1 is 1.09 bits per heavy atom. The SMILES string of the molecule is CCCc1nc2c(n1Cc1ccc(-c3ccccc3-c3nn[nH]n3)cc1)/C(=C/C(=O)O)CCCC2. The topological polar surface area (TPSA) is 110 Å². The Kier molecular flexibility index (Phi) is 6.52. The number of nitrogens with one attached hydrogen (secondary N) is 1. The van der Waals surface area contributed by atoms with Crippen LogP contribution in [0.3, 0.4) is 0 Å². The summed E-state index contributed by atoms with van der Waals surface area (Å²) >= 11 is 0. The quantitative estimate of drug-likeness (QED) is 0.294. The van der Waals surface area contributed by atoms with E-state index in [1.165, 1.54) is 6.08 Å². The number of imidazole rings is 1. The van der Waals surface area contributed by atoms with Gasteiger partial charge in [-0.25, -0.2) is 9.78 Å². The summed E-state index contributed by atoms with van der Waals surface area (Å²) in [5.41, 5.74) is 7.08. The highest BCUT2D eigenvalue weighted by Gasteiger charge is 2.23. The van der Waals surface area contributed by atoms with E-state index in [1.807, 2.05) is 18.2 Å². The van der Waals surface area contributed by atoms with E-state index >= 15 is 0 Å². The first-order valence-electron chi connectivity index (χ1n) is 12.1. The first-order valence-corrected chi connectivity index (χ1v) is 12.1. The molecule has 1 aliphatic carbocycles. The maximum Gasteiger partial charge on any atom is 0.328 e. The Morgan fingerprint density at radius 2 is 1.86 bits per heavy atom. The second kappa shape index (κ2) is 10.0. The number of H-pyrrole nitrogens is 1. The van der Waals surface area contributed by atoms with Crippen LogP contribution in [0.1, 0.15) is 55.4 Å². The first-order chi connectivity index (χ1) is 17.1. The summed E-state index contributed by atoms with van der Waals surface area (Å²) < 4.78 is 2.24. The Balaban J connectivity index is 1.50. The van der Waals surface area contributed by atoms with Crippen LogP contribution in [-0.2, 0) is 24.2 Å². The fourth-order valence-corrected chi connectivity index (χ4v) is 4.87. The van der Waals surface area contributed by atoms with Crippen molar-refractivity contribution < 1.29 is 9.90 Å². The molecule has 0 bridgehead atoms. The maximum absolute atomic E-state index is 11.6. The molecule has 35 heavy (non-hydrogen) atoms. The summed E-state index contributed by atoms with van der Waals surface area (Å²) in [6.07, 6.45) is 6.89. The molecule has 0 aliphatic heterocycles. The van der Waals surface area contributed by atoms with Crippen LogP contribution in [0.2, 0.25) is 0 Å². The number of aryl methyl sites for hydroxylation is 2. The third kappa shape index (κ3) is 4.77. The number of carbonyl (C=O) groups is 1. The smallest absolute Gasteiger partial charge is 0.328 e. The molecule has 2 N–H and O–H groups in total. The number of hydrogen-bond acceptors (Lipinski definition) is 5.